The maximum absolute atomic E-state index is 12.6. The fourth-order valence-electron chi connectivity index (χ4n) is 2.40. The van der Waals surface area contributed by atoms with E-state index in [0.717, 1.165) is 12.8 Å². The Morgan fingerprint density at radius 1 is 1.17 bits per heavy atom. The Labute approximate surface area is 141 Å². The third-order valence-corrected chi connectivity index (χ3v) is 3.52. The van der Waals surface area contributed by atoms with Gasteiger partial charge in [0, 0.05) is 25.5 Å². The Morgan fingerprint density at radius 3 is 2.50 bits per heavy atom. The number of hydrogen-bond donors (Lipinski definition) is 1. The van der Waals surface area contributed by atoms with Crippen molar-refractivity contribution in [2.24, 2.45) is 0 Å². The average molecular weight is 329 g/mol. The van der Waals surface area contributed by atoms with Gasteiger partial charge in [-0.3, -0.25) is 14.6 Å². The van der Waals surface area contributed by atoms with Crippen LogP contribution in [0.4, 0.5) is 0 Å². The summed E-state index contributed by atoms with van der Waals surface area (Å²) in [6, 6.07) is 5.13. The van der Waals surface area contributed by atoms with Crippen LogP contribution in [0, 0.1) is 0 Å². The first-order chi connectivity index (χ1) is 11.7. The van der Waals surface area contributed by atoms with Gasteiger partial charge < -0.3 is 14.6 Å². The van der Waals surface area contributed by atoms with Crippen molar-refractivity contribution in [3.8, 4) is 0 Å². The molecule has 0 radical (unpaired) electrons. The number of carbonyl (C=O) groups excluding carboxylic acids is 2. The number of amides is 2. The fourth-order valence-corrected chi connectivity index (χ4v) is 2.40. The zero-order valence-electron chi connectivity index (χ0n) is 14.1. The minimum atomic E-state index is -0.286. The molecule has 0 aliphatic rings. The summed E-state index contributed by atoms with van der Waals surface area (Å²) in [5.74, 6) is 0.290. The Morgan fingerprint density at radius 2 is 1.88 bits per heavy atom. The highest BCUT2D eigenvalue weighted by molar-refractivity contribution is 5.99. The molecule has 2 heterocycles. The summed E-state index contributed by atoms with van der Waals surface area (Å²) in [6.45, 7) is 5.75. The summed E-state index contributed by atoms with van der Waals surface area (Å²) < 4.78 is 5.18. The Balaban J connectivity index is 2.06. The van der Waals surface area contributed by atoms with Gasteiger partial charge in [-0.2, -0.15) is 0 Å². The molecule has 0 saturated heterocycles. The van der Waals surface area contributed by atoms with Crippen molar-refractivity contribution in [3.05, 3.63) is 53.7 Å². The average Bonchev–Trinajstić information content (AvgIpc) is 3.12. The summed E-state index contributed by atoms with van der Waals surface area (Å²) in [5.41, 5.74) is 0.794. The molecule has 0 aromatic carbocycles. The maximum atomic E-state index is 12.6. The molecule has 0 aliphatic heterocycles. The van der Waals surface area contributed by atoms with E-state index in [1.807, 2.05) is 13.8 Å². The molecule has 24 heavy (non-hydrogen) atoms. The molecule has 0 spiro atoms. The SMILES string of the molecule is CCCN(CCC)C(=O)c1cncc(C(=O)NCc2ccco2)c1. The van der Waals surface area contributed by atoms with E-state index in [1.165, 1.54) is 12.4 Å². The minimum Gasteiger partial charge on any atom is -0.467 e. The first-order valence-corrected chi connectivity index (χ1v) is 8.20. The van der Waals surface area contributed by atoms with Crippen LogP contribution in [0.1, 0.15) is 53.2 Å². The lowest BCUT2D eigenvalue weighted by Crippen LogP contribution is -2.33. The van der Waals surface area contributed by atoms with E-state index in [0.29, 0.717) is 36.5 Å². The molecule has 0 bridgehead atoms. The van der Waals surface area contributed by atoms with Gasteiger partial charge in [-0.15, -0.1) is 0 Å². The number of aromatic nitrogens is 1. The molecule has 1 N–H and O–H groups in total. The maximum Gasteiger partial charge on any atom is 0.255 e. The highest BCUT2D eigenvalue weighted by atomic mass is 16.3. The van der Waals surface area contributed by atoms with Crippen LogP contribution in [0.15, 0.2) is 41.3 Å². The summed E-state index contributed by atoms with van der Waals surface area (Å²) in [4.78, 5) is 30.6. The Hall–Kier alpha value is -2.63. The second kappa shape index (κ2) is 8.86. The largest absolute Gasteiger partial charge is 0.467 e. The molecule has 6 nitrogen and oxygen atoms in total. The standard InChI is InChI=1S/C18H23N3O3/c1-3-7-21(8-4-2)18(23)15-10-14(11-19-12-15)17(22)20-13-16-6-5-9-24-16/h5-6,9-12H,3-4,7-8,13H2,1-2H3,(H,20,22). The van der Waals surface area contributed by atoms with Gasteiger partial charge >= 0.3 is 0 Å². The number of nitrogens with zero attached hydrogens (tertiary/aromatic N) is 2. The number of hydrogen-bond acceptors (Lipinski definition) is 4. The molecule has 0 unspecified atom stereocenters. The monoisotopic (exact) mass is 329 g/mol. The van der Waals surface area contributed by atoms with Gasteiger partial charge in [0.25, 0.3) is 11.8 Å². The first-order valence-electron chi connectivity index (χ1n) is 8.20. The van der Waals surface area contributed by atoms with E-state index in [1.54, 1.807) is 29.4 Å². The summed E-state index contributed by atoms with van der Waals surface area (Å²) in [5, 5.41) is 2.75. The van der Waals surface area contributed by atoms with E-state index >= 15 is 0 Å². The van der Waals surface area contributed by atoms with Gasteiger partial charge in [-0.1, -0.05) is 13.8 Å². The van der Waals surface area contributed by atoms with Crippen molar-refractivity contribution in [2.45, 2.75) is 33.2 Å². The lowest BCUT2D eigenvalue weighted by molar-refractivity contribution is 0.0755. The molecular formula is C18H23N3O3. The molecule has 0 fully saturated rings. The van der Waals surface area contributed by atoms with Crippen LogP contribution in [-0.2, 0) is 6.54 Å². The lowest BCUT2D eigenvalue weighted by atomic mass is 10.1. The normalized spacial score (nSPS) is 10.4. The molecule has 2 aromatic rings. The topological polar surface area (TPSA) is 75.4 Å². The molecular weight excluding hydrogens is 306 g/mol. The van der Waals surface area contributed by atoms with Crippen molar-refractivity contribution in [1.82, 2.24) is 15.2 Å². The van der Waals surface area contributed by atoms with E-state index in [9.17, 15) is 9.59 Å². The van der Waals surface area contributed by atoms with Gasteiger partial charge in [0.15, 0.2) is 0 Å². The van der Waals surface area contributed by atoms with E-state index in [4.69, 9.17) is 4.42 Å². The Bertz CT molecular complexity index is 662. The van der Waals surface area contributed by atoms with Crippen LogP contribution in [0.3, 0.4) is 0 Å². The molecule has 0 aliphatic carbocycles. The molecule has 6 heteroatoms. The molecule has 2 aromatic heterocycles. The van der Waals surface area contributed by atoms with Gasteiger partial charge in [0.2, 0.25) is 0 Å². The summed E-state index contributed by atoms with van der Waals surface area (Å²) in [6.07, 6.45) is 6.30. The predicted octanol–water partition coefficient (Wildman–Crippen LogP) is 2.87. The second-order valence-electron chi connectivity index (χ2n) is 5.52. The summed E-state index contributed by atoms with van der Waals surface area (Å²) in [7, 11) is 0. The molecule has 128 valence electrons. The zero-order chi connectivity index (χ0) is 17.4. The molecule has 0 atom stereocenters. The fraction of sp³-hybridized carbons (Fsp3) is 0.389. The van der Waals surface area contributed by atoms with Crippen molar-refractivity contribution in [3.63, 3.8) is 0 Å². The number of rotatable bonds is 8. The number of pyridine rings is 1. The number of furan rings is 1. The zero-order valence-corrected chi connectivity index (χ0v) is 14.1. The second-order valence-corrected chi connectivity index (χ2v) is 5.52. The van der Waals surface area contributed by atoms with Crippen molar-refractivity contribution in [1.29, 1.82) is 0 Å². The number of carbonyl (C=O) groups is 2. The highest BCUT2D eigenvalue weighted by Gasteiger charge is 2.16. The van der Waals surface area contributed by atoms with Crippen LogP contribution >= 0.6 is 0 Å². The Kier molecular flexibility index (Phi) is 6.54. The molecule has 2 rings (SSSR count). The van der Waals surface area contributed by atoms with Crippen LogP contribution in [0.2, 0.25) is 0 Å². The van der Waals surface area contributed by atoms with Crippen LogP contribution in [-0.4, -0.2) is 34.8 Å². The first kappa shape index (κ1) is 17.7. The van der Waals surface area contributed by atoms with Crippen molar-refractivity contribution < 1.29 is 14.0 Å². The van der Waals surface area contributed by atoms with Crippen LogP contribution in [0.25, 0.3) is 0 Å². The van der Waals surface area contributed by atoms with Gasteiger partial charge in [-0.25, -0.2) is 0 Å². The van der Waals surface area contributed by atoms with Gasteiger partial charge in [0.1, 0.15) is 5.76 Å². The van der Waals surface area contributed by atoms with Crippen molar-refractivity contribution in [2.75, 3.05) is 13.1 Å². The van der Waals surface area contributed by atoms with Crippen LogP contribution in [0.5, 0.6) is 0 Å². The molecule has 2 amide bonds. The van der Waals surface area contributed by atoms with Gasteiger partial charge in [-0.05, 0) is 31.0 Å². The summed E-state index contributed by atoms with van der Waals surface area (Å²) >= 11 is 0. The number of nitrogens with one attached hydrogen (secondary N) is 1. The third-order valence-electron chi connectivity index (χ3n) is 3.52. The van der Waals surface area contributed by atoms with Gasteiger partial charge in [0.05, 0.1) is 23.9 Å². The van der Waals surface area contributed by atoms with Crippen molar-refractivity contribution >= 4 is 11.8 Å². The van der Waals surface area contributed by atoms with E-state index in [-0.39, 0.29) is 11.8 Å². The predicted molar refractivity (Wildman–Crippen MR) is 90.6 cm³/mol. The lowest BCUT2D eigenvalue weighted by Gasteiger charge is -2.21. The van der Waals surface area contributed by atoms with E-state index in [2.05, 4.69) is 10.3 Å². The molecule has 0 saturated carbocycles. The minimum absolute atomic E-state index is 0.0908. The van der Waals surface area contributed by atoms with E-state index < -0.39 is 0 Å². The highest BCUT2D eigenvalue weighted by Crippen LogP contribution is 2.09. The smallest absolute Gasteiger partial charge is 0.255 e. The third kappa shape index (κ3) is 4.68. The van der Waals surface area contributed by atoms with Crippen LogP contribution < -0.4 is 5.32 Å². The quantitative estimate of drug-likeness (QED) is 0.808.